The predicted molar refractivity (Wildman–Crippen MR) is 104 cm³/mol. The SMILES string of the molecule is CC(C)(C)c1cc(-c2cc(Cl)cc(C(N)=O)c2O)cc(C(C)(C)C)c1. The van der Waals surface area contributed by atoms with E-state index in [2.05, 4.69) is 47.6 Å². The molecule has 2 rings (SSSR count). The Morgan fingerprint density at radius 3 is 1.80 bits per heavy atom. The first-order valence-electron chi connectivity index (χ1n) is 8.29. The second kappa shape index (κ2) is 6.38. The normalized spacial score (nSPS) is 12.3. The summed E-state index contributed by atoms with van der Waals surface area (Å²) < 4.78 is 0. The van der Waals surface area contributed by atoms with E-state index in [1.807, 2.05) is 12.1 Å². The Morgan fingerprint density at radius 2 is 1.40 bits per heavy atom. The van der Waals surface area contributed by atoms with Crippen LogP contribution in [0.1, 0.15) is 63.0 Å². The summed E-state index contributed by atoms with van der Waals surface area (Å²) in [5, 5.41) is 10.9. The number of rotatable bonds is 2. The molecule has 0 spiro atoms. The minimum atomic E-state index is -0.704. The van der Waals surface area contributed by atoms with Gasteiger partial charge in [-0.15, -0.1) is 0 Å². The van der Waals surface area contributed by atoms with Crippen molar-refractivity contribution in [1.82, 2.24) is 0 Å². The van der Waals surface area contributed by atoms with Crippen LogP contribution in [0.5, 0.6) is 5.75 Å². The van der Waals surface area contributed by atoms with Gasteiger partial charge in [-0.05, 0) is 39.7 Å². The maximum Gasteiger partial charge on any atom is 0.252 e. The van der Waals surface area contributed by atoms with Gasteiger partial charge in [0.2, 0.25) is 0 Å². The number of carbonyl (C=O) groups is 1. The van der Waals surface area contributed by atoms with Crippen molar-refractivity contribution < 1.29 is 9.90 Å². The second-order valence-electron chi connectivity index (χ2n) is 8.51. The Kier molecular flexibility index (Phi) is 4.93. The van der Waals surface area contributed by atoms with Crippen LogP contribution in [0.15, 0.2) is 30.3 Å². The summed E-state index contributed by atoms with van der Waals surface area (Å²) in [5.41, 5.74) is 8.91. The molecule has 0 atom stereocenters. The highest BCUT2D eigenvalue weighted by Gasteiger charge is 2.23. The summed E-state index contributed by atoms with van der Waals surface area (Å²) in [6.45, 7) is 12.9. The van der Waals surface area contributed by atoms with Gasteiger partial charge in [-0.2, -0.15) is 0 Å². The smallest absolute Gasteiger partial charge is 0.252 e. The molecule has 0 aliphatic rings. The Balaban J connectivity index is 2.82. The first-order valence-corrected chi connectivity index (χ1v) is 8.67. The Hall–Kier alpha value is -2.00. The van der Waals surface area contributed by atoms with Gasteiger partial charge < -0.3 is 10.8 Å². The Labute approximate surface area is 154 Å². The van der Waals surface area contributed by atoms with Crippen LogP contribution in [0.3, 0.4) is 0 Å². The molecule has 0 bridgehead atoms. The van der Waals surface area contributed by atoms with Gasteiger partial charge in [0.25, 0.3) is 5.91 Å². The lowest BCUT2D eigenvalue weighted by Crippen LogP contribution is -2.16. The van der Waals surface area contributed by atoms with Gasteiger partial charge in [0.05, 0.1) is 5.56 Å². The fourth-order valence-corrected chi connectivity index (χ4v) is 2.87. The predicted octanol–water partition coefficient (Wildman–Crippen LogP) is 5.41. The molecule has 0 aromatic heterocycles. The van der Waals surface area contributed by atoms with Gasteiger partial charge in [0.1, 0.15) is 5.75 Å². The third kappa shape index (κ3) is 4.16. The number of hydrogen-bond donors (Lipinski definition) is 2. The number of aromatic hydroxyl groups is 1. The van der Waals surface area contributed by atoms with E-state index >= 15 is 0 Å². The van der Waals surface area contributed by atoms with E-state index in [0.717, 1.165) is 16.7 Å². The van der Waals surface area contributed by atoms with Crippen molar-refractivity contribution in [3.63, 3.8) is 0 Å². The molecule has 0 aliphatic heterocycles. The van der Waals surface area contributed by atoms with Crippen LogP contribution < -0.4 is 5.73 Å². The van der Waals surface area contributed by atoms with Gasteiger partial charge in [-0.3, -0.25) is 4.79 Å². The van der Waals surface area contributed by atoms with Crippen LogP contribution in [0.2, 0.25) is 5.02 Å². The van der Waals surface area contributed by atoms with Crippen molar-refractivity contribution in [2.45, 2.75) is 52.4 Å². The highest BCUT2D eigenvalue weighted by molar-refractivity contribution is 6.31. The van der Waals surface area contributed by atoms with Crippen LogP contribution in [0.25, 0.3) is 11.1 Å². The zero-order chi connectivity index (χ0) is 19.2. The summed E-state index contributed by atoms with van der Waals surface area (Å²) in [4.78, 5) is 11.6. The van der Waals surface area contributed by atoms with E-state index in [0.29, 0.717) is 10.6 Å². The van der Waals surface area contributed by atoms with Gasteiger partial charge in [0, 0.05) is 10.6 Å². The molecule has 2 aromatic rings. The molecule has 3 N–H and O–H groups in total. The lowest BCUT2D eigenvalue weighted by Gasteiger charge is -2.26. The molecule has 4 heteroatoms. The number of phenols is 1. The minimum absolute atomic E-state index is 0.0287. The molecule has 0 heterocycles. The van der Waals surface area contributed by atoms with Crippen LogP contribution >= 0.6 is 11.6 Å². The number of hydrogen-bond acceptors (Lipinski definition) is 2. The highest BCUT2D eigenvalue weighted by atomic mass is 35.5. The number of halogens is 1. The van der Waals surface area contributed by atoms with Crippen LogP contribution in [-0.2, 0) is 10.8 Å². The van der Waals surface area contributed by atoms with Crippen LogP contribution in [0, 0.1) is 0 Å². The van der Waals surface area contributed by atoms with Crippen molar-refractivity contribution in [3.05, 3.63) is 52.0 Å². The maximum atomic E-state index is 11.6. The topological polar surface area (TPSA) is 63.3 Å². The average molecular weight is 360 g/mol. The molecule has 0 fully saturated rings. The average Bonchev–Trinajstić information content (AvgIpc) is 2.46. The molecule has 0 radical (unpaired) electrons. The summed E-state index contributed by atoms with van der Waals surface area (Å²) in [6, 6.07) is 9.31. The minimum Gasteiger partial charge on any atom is -0.506 e. The highest BCUT2D eigenvalue weighted by Crippen LogP contribution is 2.39. The maximum absolute atomic E-state index is 11.6. The number of amides is 1. The van der Waals surface area contributed by atoms with E-state index in [4.69, 9.17) is 17.3 Å². The second-order valence-corrected chi connectivity index (χ2v) is 8.95. The monoisotopic (exact) mass is 359 g/mol. The first-order chi connectivity index (χ1) is 11.3. The number of primary amides is 1. The summed E-state index contributed by atoms with van der Waals surface area (Å²) in [5.74, 6) is -0.841. The quantitative estimate of drug-likeness (QED) is 0.753. The lowest BCUT2D eigenvalue weighted by molar-refractivity contribution is 0.0998. The zero-order valence-corrected chi connectivity index (χ0v) is 16.5. The fourth-order valence-electron chi connectivity index (χ4n) is 2.66. The van der Waals surface area contributed by atoms with Crippen LogP contribution in [-0.4, -0.2) is 11.0 Å². The first kappa shape index (κ1) is 19.3. The third-order valence-electron chi connectivity index (χ3n) is 4.32. The zero-order valence-electron chi connectivity index (χ0n) is 15.7. The van der Waals surface area contributed by atoms with Crippen molar-refractivity contribution in [1.29, 1.82) is 0 Å². The fraction of sp³-hybridized carbons (Fsp3) is 0.381. The van der Waals surface area contributed by atoms with E-state index in [9.17, 15) is 9.90 Å². The molecule has 25 heavy (non-hydrogen) atoms. The summed E-state index contributed by atoms with van der Waals surface area (Å²) in [6.07, 6.45) is 0. The molecule has 0 saturated carbocycles. The van der Waals surface area contributed by atoms with E-state index in [1.54, 1.807) is 6.07 Å². The molecule has 0 aliphatic carbocycles. The van der Waals surface area contributed by atoms with Gasteiger partial charge in [-0.1, -0.05) is 71.3 Å². The molecule has 134 valence electrons. The van der Waals surface area contributed by atoms with Crippen molar-refractivity contribution in [2.75, 3.05) is 0 Å². The molecule has 2 aromatic carbocycles. The van der Waals surface area contributed by atoms with Crippen LogP contribution in [0.4, 0.5) is 0 Å². The lowest BCUT2D eigenvalue weighted by atomic mass is 9.78. The summed E-state index contributed by atoms with van der Waals surface area (Å²) in [7, 11) is 0. The number of nitrogens with two attached hydrogens (primary N) is 1. The number of benzene rings is 2. The Morgan fingerprint density at radius 1 is 0.920 bits per heavy atom. The van der Waals surface area contributed by atoms with E-state index < -0.39 is 5.91 Å². The van der Waals surface area contributed by atoms with Gasteiger partial charge in [-0.25, -0.2) is 0 Å². The van der Waals surface area contributed by atoms with Crippen molar-refractivity contribution >= 4 is 17.5 Å². The van der Waals surface area contributed by atoms with E-state index in [1.165, 1.54) is 6.07 Å². The van der Waals surface area contributed by atoms with Gasteiger partial charge >= 0.3 is 0 Å². The number of carbonyl (C=O) groups excluding carboxylic acids is 1. The molecular weight excluding hydrogens is 334 g/mol. The summed E-state index contributed by atoms with van der Waals surface area (Å²) >= 11 is 6.16. The molecule has 3 nitrogen and oxygen atoms in total. The van der Waals surface area contributed by atoms with E-state index in [-0.39, 0.29) is 22.1 Å². The Bertz CT molecular complexity index is 795. The molecular formula is C21H26ClNO2. The molecule has 0 unspecified atom stereocenters. The standard InChI is InChI=1S/C21H26ClNO2/c1-20(2,3)13-7-12(8-14(9-13)21(4,5)6)16-10-15(22)11-17(18(16)24)19(23)25/h7-11,24H,1-6H3,(H2,23,25). The van der Waals surface area contributed by atoms with Gasteiger partial charge in [0.15, 0.2) is 0 Å². The van der Waals surface area contributed by atoms with Crippen molar-refractivity contribution in [2.24, 2.45) is 5.73 Å². The largest absolute Gasteiger partial charge is 0.506 e. The van der Waals surface area contributed by atoms with Crippen molar-refractivity contribution in [3.8, 4) is 16.9 Å². The molecule has 1 amide bonds. The molecule has 0 saturated heterocycles. The third-order valence-corrected chi connectivity index (χ3v) is 4.53.